The Hall–Kier alpha value is -2.14. The lowest BCUT2D eigenvalue weighted by atomic mass is 9.99. The Bertz CT molecular complexity index is 550. The fraction of sp³-hybridized carbons (Fsp3) is 0.333. The van der Waals surface area contributed by atoms with Gasteiger partial charge in [-0.05, 0) is 43.3 Å². The fourth-order valence-electron chi connectivity index (χ4n) is 2.03. The average molecular weight is 271 g/mol. The highest BCUT2D eigenvalue weighted by molar-refractivity contribution is 5.33. The van der Waals surface area contributed by atoms with Crippen LogP contribution in [0.2, 0.25) is 0 Å². The molecule has 104 valence electrons. The van der Waals surface area contributed by atoms with Crippen LogP contribution >= 0.6 is 0 Å². The summed E-state index contributed by atoms with van der Waals surface area (Å²) in [7, 11) is 1.64. The van der Waals surface area contributed by atoms with Gasteiger partial charge in [0.05, 0.1) is 19.5 Å². The van der Waals surface area contributed by atoms with Gasteiger partial charge in [0.15, 0.2) is 5.75 Å². The van der Waals surface area contributed by atoms with E-state index in [9.17, 15) is 0 Å². The minimum absolute atomic E-state index is 0.644. The van der Waals surface area contributed by atoms with Gasteiger partial charge in [0.25, 0.3) is 0 Å². The summed E-state index contributed by atoms with van der Waals surface area (Å²) in [5, 5.41) is 3.24. The normalized spacial score (nSPS) is 14.7. The van der Waals surface area contributed by atoms with Crippen LogP contribution in [-0.2, 0) is 6.42 Å². The maximum absolute atomic E-state index is 5.69. The molecule has 2 heterocycles. The van der Waals surface area contributed by atoms with Crippen molar-refractivity contribution in [2.24, 2.45) is 5.92 Å². The van der Waals surface area contributed by atoms with Gasteiger partial charge in [-0.1, -0.05) is 0 Å². The Balaban J connectivity index is 1.61. The molecule has 2 aromatic rings. The fourth-order valence-corrected chi connectivity index (χ4v) is 2.03. The second-order valence-corrected chi connectivity index (χ2v) is 4.84. The Labute approximate surface area is 118 Å². The number of aromatic nitrogens is 2. The number of rotatable bonds is 5. The molecule has 1 N–H and O–H groups in total. The van der Waals surface area contributed by atoms with Gasteiger partial charge >= 0.3 is 0 Å². The quantitative estimate of drug-likeness (QED) is 0.902. The standard InChI is InChI=1S/C15H17N3O2/c1-19-12-2-4-13(5-3-12)20-14-9-17-15(18-10-14)6-11-7-16-8-11/h2-5,9-11,16H,6-8H2,1H3. The van der Waals surface area contributed by atoms with Crippen molar-refractivity contribution >= 4 is 0 Å². The zero-order valence-electron chi connectivity index (χ0n) is 11.4. The first-order valence-corrected chi connectivity index (χ1v) is 6.67. The topological polar surface area (TPSA) is 56.3 Å². The van der Waals surface area contributed by atoms with E-state index in [4.69, 9.17) is 9.47 Å². The summed E-state index contributed by atoms with van der Waals surface area (Å²) in [6.07, 6.45) is 4.37. The van der Waals surface area contributed by atoms with E-state index >= 15 is 0 Å². The summed E-state index contributed by atoms with van der Waals surface area (Å²) in [4.78, 5) is 8.68. The average Bonchev–Trinajstić information content (AvgIpc) is 2.45. The molecule has 1 aliphatic heterocycles. The number of hydrogen-bond acceptors (Lipinski definition) is 5. The summed E-state index contributed by atoms with van der Waals surface area (Å²) in [5.74, 6) is 3.73. The molecule has 1 fully saturated rings. The highest BCUT2D eigenvalue weighted by Crippen LogP contribution is 2.22. The first kappa shape index (κ1) is 12.9. The molecule has 1 aliphatic rings. The van der Waals surface area contributed by atoms with E-state index in [1.54, 1.807) is 19.5 Å². The maximum Gasteiger partial charge on any atom is 0.164 e. The van der Waals surface area contributed by atoms with Crippen LogP contribution in [0.1, 0.15) is 5.82 Å². The van der Waals surface area contributed by atoms with Gasteiger partial charge < -0.3 is 14.8 Å². The molecule has 3 rings (SSSR count). The van der Waals surface area contributed by atoms with E-state index in [0.29, 0.717) is 11.7 Å². The molecular weight excluding hydrogens is 254 g/mol. The molecule has 20 heavy (non-hydrogen) atoms. The number of ether oxygens (including phenoxy) is 2. The lowest BCUT2D eigenvalue weighted by Crippen LogP contribution is -2.43. The Morgan fingerprint density at radius 2 is 1.70 bits per heavy atom. The van der Waals surface area contributed by atoms with Gasteiger partial charge in [-0.2, -0.15) is 0 Å². The van der Waals surface area contributed by atoms with Gasteiger partial charge in [-0.15, -0.1) is 0 Å². The van der Waals surface area contributed by atoms with Gasteiger partial charge in [0.1, 0.15) is 17.3 Å². The molecule has 1 saturated heterocycles. The van der Waals surface area contributed by atoms with Crippen molar-refractivity contribution in [3.05, 3.63) is 42.5 Å². The Morgan fingerprint density at radius 1 is 1.05 bits per heavy atom. The second kappa shape index (κ2) is 5.88. The monoisotopic (exact) mass is 271 g/mol. The summed E-state index contributed by atoms with van der Waals surface area (Å²) in [6.45, 7) is 2.13. The smallest absolute Gasteiger partial charge is 0.164 e. The zero-order valence-corrected chi connectivity index (χ0v) is 11.4. The third-order valence-electron chi connectivity index (χ3n) is 3.31. The van der Waals surface area contributed by atoms with E-state index in [-0.39, 0.29) is 0 Å². The van der Waals surface area contributed by atoms with Crippen LogP contribution in [0.5, 0.6) is 17.2 Å². The maximum atomic E-state index is 5.69. The molecule has 0 atom stereocenters. The molecule has 0 radical (unpaired) electrons. The van der Waals surface area contributed by atoms with Gasteiger partial charge in [0.2, 0.25) is 0 Å². The highest BCUT2D eigenvalue weighted by atomic mass is 16.5. The SMILES string of the molecule is COc1ccc(Oc2cnc(CC3CNC3)nc2)cc1. The van der Waals surface area contributed by atoms with Crippen LogP contribution < -0.4 is 14.8 Å². The Kier molecular flexibility index (Phi) is 3.78. The van der Waals surface area contributed by atoms with E-state index in [2.05, 4.69) is 15.3 Å². The van der Waals surface area contributed by atoms with Gasteiger partial charge in [-0.3, -0.25) is 0 Å². The van der Waals surface area contributed by atoms with Crippen molar-refractivity contribution in [2.45, 2.75) is 6.42 Å². The number of methoxy groups -OCH3 is 1. The minimum atomic E-state index is 0.644. The number of nitrogens with zero attached hydrogens (tertiary/aromatic N) is 2. The molecule has 0 aliphatic carbocycles. The van der Waals surface area contributed by atoms with Gasteiger partial charge in [-0.25, -0.2) is 9.97 Å². The van der Waals surface area contributed by atoms with Crippen LogP contribution in [-0.4, -0.2) is 30.2 Å². The van der Waals surface area contributed by atoms with Crippen LogP contribution in [0.15, 0.2) is 36.7 Å². The molecule has 0 unspecified atom stereocenters. The van der Waals surface area contributed by atoms with Crippen molar-refractivity contribution in [1.29, 1.82) is 0 Å². The summed E-state index contributed by atoms with van der Waals surface area (Å²) >= 11 is 0. The predicted octanol–water partition coefficient (Wildman–Crippen LogP) is 2.04. The van der Waals surface area contributed by atoms with Crippen molar-refractivity contribution in [1.82, 2.24) is 15.3 Å². The number of nitrogens with one attached hydrogen (secondary N) is 1. The zero-order chi connectivity index (χ0) is 13.8. The van der Waals surface area contributed by atoms with Crippen LogP contribution in [0, 0.1) is 5.92 Å². The summed E-state index contributed by atoms with van der Waals surface area (Å²) in [5.41, 5.74) is 0. The van der Waals surface area contributed by atoms with E-state index in [1.807, 2.05) is 24.3 Å². The van der Waals surface area contributed by atoms with Crippen LogP contribution in [0.4, 0.5) is 0 Å². The molecule has 0 saturated carbocycles. The first-order valence-electron chi connectivity index (χ1n) is 6.67. The second-order valence-electron chi connectivity index (χ2n) is 4.84. The molecule has 0 bridgehead atoms. The van der Waals surface area contributed by atoms with E-state index < -0.39 is 0 Å². The number of benzene rings is 1. The predicted molar refractivity (Wildman–Crippen MR) is 75.2 cm³/mol. The minimum Gasteiger partial charge on any atom is -0.497 e. The largest absolute Gasteiger partial charge is 0.497 e. The molecule has 5 heteroatoms. The van der Waals surface area contributed by atoms with E-state index in [1.165, 1.54) is 0 Å². The third kappa shape index (κ3) is 3.05. The lowest BCUT2D eigenvalue weighted by molar-refractivity contribution is 0.340. The Morgan fingerprint density at radius 3 is 2.25 bits per heavy atom. The summed E-state index contributed by atoms with van der Waals surface area (Å²) < 4.78 is 10.8. The molecular formula is C15H17N3O2. The first-order chi connectivity index (χ1) is 9.83. The van der Waals surface area contributed by atoms with Crippen LogP contribution in [0.3, 0.4) is 0 Å². The molecule has 1 aromatic carbocycles. The van der Waals surface area contributed by atoms with Crippen molar-refractivity contribution in [2.75, 3.05) is 20.2 Å². The lowest BCUT2D eigenvalue weighted by Gasteiger charge is -2.26. The third-order valence-corrected chi connectivity index (χ3v) is 3.31. The molecule has 0 spiro atoms. The van der Waals surface area contributed by atoms with Gasteiger partial charge in [0, 0.05) is 6.42 Å². The summed E-state index contributed by atoms with van der Waals surface area (Å²) in [6, 6.07) is 7.42. The molecule has 5 nitrogen and oxygen atoms in total. The molecule has 0 amide bonds. The van der Waals surface area contributed by atoms with Crippen molar-refractivity contribution in [3.8, 4) is 17.2 Å². The number of hydrogen-bond donors (Lipinski definition) is 1. The van der Waals surface area contributed by atoms with E-state index in [0.717, 1.165) is 36.8 Å². The molecule has 1 aromatic heterocycles. The van der Waals surface area contributed by atoms with Crippen molar-refractivity contribution in [3.63, 3.8) is 0 Å². The van der Waals surface area contributed by atoms with Crippen LogP contribution in [0.25, 0.3) is 0 Å². The van der Waals surface area contributed by atoms with Crippen molar-refractivity contribution < 1.29 is 9.47 Å². The highest BCUT2D eigenvalue weighted by Gasteiger charge is 2.18.